The van der Waals surface area contributed by atoms with Gasteiger partial charge in [0.1, 0.15) is 12.0 Å². The summed E-state index contributed by atoms with van der Waals surface area (Å²) >= 11 is 0. The van der Waals surface area contributed by atoms with Gasteiger partial charge in [0.05, 0.1) is 12.7 Å². The third-order valence-corrected chi connectivity index (χ3v) is 4.06. The first-order chi connectivity index (χ1) is 13.1. The van der Waals surface area contributed by atoms with Crippen LogP contribution >= 0.6 is 0 Å². The van der Waals surface area contributed by atoms with Gasteiger partial charge >= 0.3 is 0 Å². The molecule has 3 aromatic rings. The monoisotopic (exact) mass is 366 g/mol. The summed E-state index contributed by atoms with van der Waals surface area (Å²) in [7, 11) is 1.92. The van der Waals surface area contributed by atoms with Crippen molar-refractivity contribution in [2.45, 2.75) is 26.8 Å². The van der Waals surface area contributed by atoms with Crippen LogP contribution in [0.5, 0.6) is 0 Å². The fraction of sp³-hybridized carbons (Fsp3) is 0.350. The van der Waals surface area contributed by atoms with E-state index in [2.05, 4.69) is 32.6 Å². The Morgan fingerprint density at radius 1 is 1.22 bits per heavy atom. The van der Waals surface area contributed by atoms with E-state index in [1.54, 1.807) is 6.26 Å². The van der Waals surface area contributed by atoms with Crippen LogP contribution in [0.1, 0.15) is 23.7 Å². The Morgan fingerprint density at radius 2 is 2.04 bits per heavy atom. The fourth-order valence-electron chi connectivity index (χ4n) is 2.64. The Morgan fingerprint density at radius 3 is 2.74 bits per heavy atom. The Balaban J connectivity index is 1.57. The van der Waals surface area contributed by atoms with Crippen LogP contribution in [-0.4, -0.2) is 33.8 Å². The molecule has 0 aliphatic carbocycles. The predicted molar refractivity (Wildman–Crippen MR) is 106 cm³/mol. The summed E-state index contributed by atoms with van der Waals surface area (Å²) in [6.45, 7) is 6.14. The van der Waals surface area contributed by atoms with Gasteiger partial charge in [-0.2, -0.15) is 5.10 Å². The topological polar surface area (TPSA) is 80.3 Å². The smallest absolute Gasteiger partial charge is 0.226 e. The molecule has 0 unspecified atom stereocenters. The van der Waals surface area contributed by atoms with Crippen molar-refractivity contribution in [3.63, 3.8) is 0 Å². The van der Waals surface area contributed by atoms with Crippen molar-refractivity contribution in [3.8, 4) is 11.5 Å². The number of rotatable bonds is 7. The van der Waals surface area contributed by atoms with Crippen molar-refractivity contribution in [2.24, 2.45) is 12.0 Å². The number of aromatic nitrogens is 3. The molecule has 0 spiro atoms. The second-order valence-corrected chi connectivity index (χ2v) is 6.40. The molecule has 0 aliphatic rings. The third kappa shape index (κ3) is 5.44. The van der Waals surface area contributed by atoms with Gasteiger partial charge in [0, 0.05) is 31.9 Å². The van der Waals surface area contributed by atoms with Crippen LogP contribution in [0.3, 0.4) is 0 Å². The van der Waals surface area contributed by atoms with E-state index in [0.717, 1.165) is 36.7 Å². The molecule has 0 saturated heterocycles. The maximum absolute atomic E-state index is 5.59. The number of guanidine groups is 1. The highest BCUT2D eigenvalue weighted by Gasteiger charge is 2.07. The molecule has 0 aliphatic heterocycles. The molecule has 0 fully saturated rings. The number of nitrogens with zero attached hydrogens (tertiary/aromatic N) is 4. The maximum Gasteiger partial charge on any atom is 0.226 e. The Bertz CT molecular complexity index is 878. The average molecular weight is 366 g/mol. The van der Waals surface area contributed by atoms with E-state index in [1.807, 2.05) is 55.3 Å². The van der Waals surface area contributed by atoms with Gasteiger partial charge in [-0.1, -0.05) is 17.7 Å². The van der Waals surface area contributed by atoms with Gasteiger partial charge < -0.3 is 15.1 Å². The van der Waals surface area contributed by atoms with Crippen LogP contribution in [0.15, 0.2) is 52.3 Å². The van der Waals surface area contributed by atoms with Gasteiger partial charge in [0.15, 0.2) is 5.96 Å². The molecular formula is C20H26N6O. The van der Waals surface area contributed by atoms with Gasteiger partial charge in [0.2, 0.25) is 5.89 Å². The minimum absolute atomic E-state index is 0.456. The highest BCUT2D eigenvalue weighted by Crippen LogP contribution is 2.19. The van der Waals surface area contributed by atoms with Crippen molar-refractivity contribution in [1.82, 2.24) is 25.4 Å². The largest absolute Gasteiger partial charge is 0.444 e. The van der Waals surface area contributed by atoms with E-state index >= 15 is 0 Å². The molecule has 2 aromatic heterocycles. The molecule has 1 aromatic carbocycles. The van der Waals surface area contributed by atoms with Gasteiger partial charge in [-0.25, -0.2) is 9.98 Å². The van der Waals surface area contributed by atoms with Gasteiger partial charge in [-0.15, -0.1) is 0 Å². The van der Waals surface area contributed by atoms with Gasteiger partial charge in [0.25, 0.3) is 0 Å². The number of benzene rings is 1. The molecule has 2 heterocycles. The van der Waals surface area contributed by atoms with E-state index in [0.29, 0.717) is 12.4 Å². The van der Waals surface area contributed by atoms with E-state index in [-0.39, 0.29) is 0 Å². The Kier molecular flexibility index (Phi) is 6.25. The standard InChI is InChI=1S/C20H26N6O/c1-4-21-20(22-10-9-16-11-24-26(3)13-16)23-12-18-14-27-19(25-18)17-7-5-15(2)6-8-17/h5-8,11,13-14H,4,9-10,12H2,1-3H3,(H2,21,22,23). The molecule has 7 heteroatoms. The fourth-order valence-corrected chi connectivity index (χ4v) is 2.64. The molecule has 0 saturated carbocycles. The van der Waals surface area contributed by atoms with Crippen LogP contribution < -0.4 is 10.6 Å². The van der Waals surface area contributed by atoms with E-state index in [1.165, 1.54) is 11.1 Å². The summed E-state index contributed by atoms with van der Waals surface area (Å²) in [6, 6.07) is 8.12. The van der Waals surface area contributed by atoms with Crippen LogP contribution in [0, 0.1) is 6.92 Å². The summed E-state index contributed by atoms with van der Waals surface area (Å²) in [5.74, 6) is 1.39. The van der Waals surface area contributed by atoms with Crippen molar-refractivity contribution >= 4 is 5.96 Å². The molecule has 0 bridgehead atoms. The lowest BCUT2D eigenvalue weighted by molar-refractivity contribution is 0.572. The van der Waals surface area contributed by atoms with E-state index in [4.69, 9.17) is 4.42 Å². The predicted octanol–water partition coefficient (Wildman–Crippen LogP) is 2.68. The minimum Gasteiger partial charge on any atom is -0.444 e. The number of hydrogen-bond donors (Lipinski definition) is 2. The van der Waals surface area contributed by atoms with Crippen LogP contribution in [0.2, 0.25) is 0 Å². The second kappa shape index (κ2) is 9.02. The second-order valence-electron chi connectivity index (χ2n) is 6.40. The summed E-state index contributed by atoms with van der Waals surface area (Å²) in [5.41, 5.74) is 4.18. The van der Waals surface area contributed by atoms with E-state index in [9.17, 15) is 0 Å². The number of oxazole rings is 1. The lowest BCUT2D eigenvalue weighted by Gasteiger charge is -2.10. The summed E-state index contributed by atoms with van der Waals surface area (Å²) in [4.78, 5) is 9.12. The zero-order valence-corrected chi connectivity index (χ0v) is 16.1. The first-order valence-corrected chi connectivity index (χ1v) is 9.15. The Hall–Kier alpha value is -3.09. The first kappa shape index (κ1) is 18.7. The lowest BCUT2D eigenvalue weighted by atomic mass is 10.1. The summed E-state index contributed by atoms with van der Waals surface area (Å²) < 4.78 is 7.40. The molecule has 0 radical (unpaired) electrons. The molecule has 142 valence electrons. The molecule has 2 N–H and O–H groups in total. The van der Waals surface area contributed by atoms with Gasteiger partial charge in [-0.3, -0.25) is 4.68 Å². The minimum atomic E-state index is 0.456. The number of aliphatic imine (C=N–C) groups is 1. The SMILES string of the molecule is CCNC(=NCc1coc(-c2ccc(C)cc2)n1)NCCc1cnn(C)c1. The maximum atomic E-state index is 5.59. The molecule has 0 atom stereocenters. The highest BCUT2D eigenvalue weighted by atomic mass is 16.3. The van der Waals surface area contributed by atoms with Crippen molar-refractivity contribution in [3.05, 3.63) is 59.7 Å². The summed E-state index contributed by atoms with van der Waals surface area (Å²) in [6.07, 6.45) is 6.46. The van der Waals surface area contributed by atoms with Crippen molar-refractivity contribution in [1.29, 1.82) is 0 Å². The van der Waals surface area contributed by atoms with Crippen molar-refractivity contribution < 1.29 is 4.42 Å². The molecule has 7 nitrogen and oxygen atoms in total. The number of aryl methyl sites for hydroxylation is 2. The van der Waals surface area contributed by atoms with Crippen molar-refractivity contribution in [2.75, 3.05) is 13.1 Å². The normalized spacial score (nSPS) is 11.6. The third-order valence-electron chi connectivity index (χ3n) is 4.06. The van der Waals surface area contributed by atoms with Crippen LogP contribution in [0.4, 0.5) is 0 Å². The molecular weight excluding hydrogens is 340 g/mol. The number of nitrogens with one attached hydrogen (secondary N) is 2. The molecule has 0 amide bonds. The number of hydrogen-bond acceptors (Lipinski definition) is 4. The van der Waals surface area contributed by atoms with E-state index < -0.39 is 0 Å². The highest BCUT2D eigenvalue weighted by molar-refractivity contribution is 5.79. The zero-order valence-electron chi connectivity index (χ0n) is 16.1. The molecule has 3 rings (SSSR count). The molecule has 27 heavy (non-hydrogen) atoms. The Labute approximate surface area is 159 Å². The lowest BCUT2D eigenvalue weighted by Crippen LogP contribution is -2.38. The van der Waals surface area contributed by atoms with Gasteiger partial charge in [-0.05, 0) is 38.0 Å². The zero-order chi connectivity index (χ0) is 19.1. The quantitative estimate of drug-likeness (QED) is 0.496. The average Bonchev–Trinajstić information content (AvgIpc) is 3.29. The van der Waals surface area contributed by atoms with Crippen LogP contribution in [-0.2, 0) is 20.0 Å². The summed E-state index contributed by atoms with van der Waals surface area (Å²) in [5, 5.41) is 10.8. The first-order valence-electron chi connectivity index (χ1n) is 9.15. The van der Waals surface area contributed by atoms with Crippen LogP contribution in [0.25, 0.3) is 11.5 Å².